The van der Waals surface area contributed by atoms with Crippen LogP contribution in [0.3, 0.4) is 0 Å². The van der Waals surface area contributed by atoms with Crippen molar-refractivity contribution >= 4 is 11.8 Å². The molecule has 1 aliphatic rings. The Morgan fingerprint density at radius 3 is 2.26 bits per heavy atom. The molecule has 2 atom stereocenters. The second-order valence-corrected chi connectivity index (χ2v) is 9.96. The van der Waals surface area contributed by atoms with Crippen LogP contribution in [0.15, 0.2) is 97.1 Å². The molecule has 0 spiro atoms. The van der Waals surface area contributed by atoms with Gasteiger partial charge in [-0.2, -0.15) is 0 Å². The number of likely N-dealkylation sites (N-methyl/N-ethyl adjacent to an activating group) is 1. The number of fused-ring (bicyclic) bond motifs is 1. The number of rotatable bonds is 6. The van der Waals surface area contributed by atoms with E-state index in [0.29, 0.717) is 11.3 Å². The van der Waals surface area contributed by atoms with Gasteiger partial charge in [-0.05, 0) is 72.5 Å². The number of nitrogens with one attached hydrogen (secondary N) is 2. The first-order chi connectivity index (χ1) is 18.3. The van der Waals surface area contributed by atoms with Crippen molar-refractivity contribution in [2.45, 2.75) is 31.4 Å². The zero-order valence-corrected chi connectivity index (χ0v) is 21.5. The molecule has 0 saturated heterocycles. The van der Waals surface area contributed by atoms with Crippen LogP contribution in [0, 0.1) is 5.82 Å². The molecule has 5 nitrogen and oxygen atoms in total. The molecule has 0 aromatic heterocycles. The zero-order chi connectivity index (χ0) is 26.9. The van der Waals surface area contributed by atoms with Gasteiger partial charge in [-0.1, -0.05) is 60.7 Å². The van der Waals surface area contributed by atoms with Gasteiger partial charge in [0, 0.05) is 18.2 Å². The Bertz CT molecular complexity index is 1480. The second kappa shape index (κ2) is 10.1. The first kappa shape index (κ1) is 25.2. The Labute approximate surface area is 221 Å². The maximum atomic E-state index is 13.5. The van der Waals surface area contributed by atoms with Gasteiger partial charge in [0.2, 0.25) is 5.91 Å². The Morgan fingerprint density at radius 1 is 0.842 bits per heavy atom. The maximum Gasteiger partial charge on any atom is 0.251 e. The molecule has 38 heavy (non-hydrogen) atoms. The van der Waals surface area contributed by atoms with Crippen LogP contribution in [-0.2, 0) is 10.3 Å². The molecule has 0 bridgehead atoms. The Kier molecular flexibility index (Phi) is 6.72. The fourth-order valence-electron chi connectivity index (χ4n) is 4.92. The van der Waals surface area contributed by atoms with Crippen molar-refractivity contribution in [1.82, 2.24) is 10.6 Å². The van der Waals surface area contributed by atoms with Gasteiger partial charge in [0.15, 0.2) is 0 Å². The lowest BCUT2D eigenvalue weighted by molar-refractivity contribution is -0.123. The number of amides is 2. The largest absolute Gasteiger partial charge is 0.484 e. The Morgan fingerprint density at radius 2 is 1.55 bits per heavy atom. The second-order valence-electron chi connectivity index (χ2n) is 9.96. The van der Waals surface area contributed by atoms with Gasteiger partial charge in [0.25, 0.3) is 5.91 Å². The van der Waals surface area contributed by atoms with E-state index in [1.54, 1.807) is 25.2 Å². The van der Waals surface area contributed by atoms with Gasteiger partial charge >= 0.3 is 0 Å². The highest BCUT2D eigenvalue weighted by Gasteiger charge is 2.40. The van der Waals surface area contributed by atoms with E-state index in [1.807, 2.05) is 80.6 Å². The minimum atomic E-state index is -0.599. The van der Waals surface area contributed by atoms with Gasteiger partial charge in [0.05, 0.1) is 5.54 Å². The molecular formula is C32H29FN2O3. The van der Waals surface area contributed by atoms with E-state index in [4.69, 9.17) is 4.74 Å². The molecule has 0 aliphatic carbocycles. The predicted molar refractivity (Wildman–Crippen MR) is 145 cm³/mol. The fraction of sp³-hybridized carbons (Fsp3) is 0.188. The molecule has 4 aromatic rings. The molecule has 2 unspecified atom stereocenters. The first-order valence-corrected chi connectivity index (χ1v) is 12.5. The van der Waals surface area contributed by atoms with E-state index in [-0.39, 0.29) is 17.6 Å². The minimum Gasteiger partial charge on any atom is -0.484 e. The summed E-state index contributed by atoms with van der Waals surface area (Å²) in [4.78, 5) is 26.1. The average Bonchev–Trinajstić information content (AvgIpc) is 3.32. The third kappa shape index (κ3) is 4.90. The summed E-state index contributed by atoms with van der Waals surface area (Å²) in [5, 5.41) is 5.86. The number of benzene rings is 4. The number of hydrogen-bond acceptors (Lipinski definition) is 3. The standard InChI is InChI=1S/C32H29FN2O3/c1-32(2,24-10-5-4-6-11-24)35-30(36)23-9-7-8-21(18-23)22-14-17-27-26(19-22)28(31(37)34-3)29(38-27)20-12-15-25(33)16-13-20/h4-19,28-29H,1-3H3,(H,34,37)(H,35,36). The molecule has 0 saturated carbocycles. The lowest BCUT2D eigenvalue weighted by Gasteiger charge is -2.27. The summed E-state index contributed by atoms with van der Waals surface area (Å²) < 4.78 is 19.7. The molecule has 4 aromatic carbocycles. The van der Waals surface area contributed by atoms with E-state index in [0.717, 1.165) is 27.8 Å². The number of hydrogen-bond donors (Lipinski definition) is 2. The number of halogens is 1. The van der Waals surface area contributed by atoms with Gasteiger partial charge in [-0.15, -0.1) is 0 Å². The highest BCUT2D eigenvalue weighted by molar-refractivity contribution is 5.96. The molecule has 6 heteroatoms. The summed E-state index contributed by atoms with van der Waals surface area (Å²) >= 11 is 0. The topological polar surface area (TPSA) is 67.4 Å². The Hall–Kier alpha value is -4.45. The van der Waals surface area contributed by atoms with Gasteiger partial charge in [-0.3, -0.25) is 9.59 Å². The van der Waals surface area contributed by atoms with Crippen molar-refractivity contribution in [3.8, 4) is 16.9 Å². The van der Waals surface area contributed by atoms with Crippen molar-refractivity contribution in [3.63, 3.8) is 0 Å². The summed E-state index contributed by atoms with van der Waals surface area (Å²) in [5.41, 5.74) is 4.18. The molecule has 5 rings (SSSR count). The van der Waals surface area contributed by atoms with Crippen molar-refractivity contribution in [3.05, 3.63) is 125 Å². The first-order valence-electron chi connectivity index (χ1n) is 12.5. The molecule has 0 fully saturated rings. The van der Waals surface area contributed by atoms with E-state index >= 15 is 0 Å². The normalized spacial score (nSPS) is 16.3. The van der Waals surface area contributed by atoms with Gasteiger partial charge in [-0.25, -0.2) is 4.39 Å². The molecule has 192 valence electrons. The van der Waals surface area contributed by atoms with E-state index in [1.165, 1.54) is 12.1 Å². The Balaban J connectivity index is 1.44. The van der Waals surface area contributed by atoms with Crippen molar-refractivity contribution in [2.75, 3.05) is 7.05 Å². The minimum absolute atomic E-state index is 0.176. The highest BCUT2D eigenvalue weighted by Crippen LogP contribution is 2.47. The highest BCUT2D eigenvalue weighted by atomic mass is 19.1. The van der Waals surface area contributed by atoms with Gasteiger partial charge < -0.3 is 15.4 Å². The number of carbonyl (C=O) groups excluding carboxylic acids is 2. The third-order valence-electron chi connectivity index (χ3n) is 7.01. The fourth-order valence-corrected chi connectivity index (χ4v) is 4.92. The summed E-state index contributed by atoms with van der Waals surface area (Å²) in [6, 6.07) is 29.0. The molecule has 0 radical (unpaired) electrons. The molecular weight excluding hydrogens is 479 g/mol. The van der Waals surface area contributed by atoms with Gasteiger partial charge in [0.1, 0.15) is 23.6 Å². The van der Waals surface area contributed by atoms with Crippen LogP contribution in [0.25, 0.3) is 11.1 Å². The lowest BCUT2D eigenvalue weighted by Crippen LogP contribution is -2.40. The quantitative estimate of drug-likeness (QED) is 0.330. The molecule has 2 N–H and O–H groups in total. The molecule has 1 heterocycles. The van der Waals surface area contributed by atoms with Crippen LogP contribution >= 0.6 is 0 Å². The molecule has 2 amide bonds. The van der Waals surface area contributed by atoms with E-state index in [9.17, 15) is 14.0 Å². The van der Waals surface area contributed by atoms with Crippen LogP contribution in [0.4, 0.5) is 4.39 Å². The zero-order valence-electron chi connectivity index (χ0n) is 21.5. The smallest absolute Gasteiger partial charge is 0.251 e. The summed E-state index contributed by atoms with van der Waals surface area (Å²) in [6.07, 6.45) is -0.571. The third-order valence-corrected chi connectivity index (χ3v) is 7.01. The summed E-state index contributed by atoms with van der Waals surface area (Å²) in [6.45, 7) is 3.95. The van der Waals surface area contributed by atoms with E-state index < -0.39 is 17.6 Å². The van der Waals surface area contributed by atoms with Crippen LogP contribution in [-0.4, -0.2) is 18.9 Å². The van der Waals surface area contributed by atoms with Crippen LogP contribution in [0.1, 0.15) is 52.9 Å². The predicted octanol–water partition coefficient (Wildman–Crippen LogP) is 6.12. The van der Waals surface area contributed by atoms with Crippen molar-refractivity contribution in [1.29, 1.82) is 0 Å². The summed E-state index contributed by atoms with van der Waals surface area (Å²) in [7, 11) is 1.59. The van der Waals surface area contributed by atoms with E-state index in [2.05, 4.69) is 10.6 Å². The van der Waals surface area contributed by atoms with Crippen LogP contribution in [0.2, 0.25) is 0 Å². The lowest BCUT2D eigenvalue weighted by atomic mass is 9.88. The van der Waals surface area contributed by atoms with Crippen LogP contribution < -0.4 is 15.4 Å². The molecule has 1 aliphatic heterocycles. The average molecular weight is 509 g/mol. The van der Waals surface area contributed by atoms with Crippen LogP contribution in [0.5, 0.6) is 5.75 Å². The monoisotopic (exact) mass is 508 g/mol. The van der Waals surface area contributed by atoms with Crippen molar-refractivity contribution < 1.29 is 18.7 Å². The number of ether oxygens (including phenoxy) is 1. The maximum absolute atomic E-state index is 13.5. The number of carbonyl (C=O) groups is 2. The summed E-state index contributed by atoms with van der Waals surface area (Å²) in [5.74, 6) is -0.704. The SMILES string of the molecule is CNC(=O)C1c2cc(-c3cccc(C(=O)NC(C)(C)c4ccccc4)c3)ccc2OC1c1ccc(F)cc1. The van der Waals surface area contributed by atoms with Crippen molar-refractivity contribution in [2.24, 2.45) is 0 Å².